The quantitative estimate of drug-likeness (QED) is 0.385. The van der Waals surface area contributed by atoms with Crippen LogP contribution >= 0.6 is 0 Å². The van der Waals surface area contributed by atoms with E-state index < -0.39 is 0 Å². The molecule has 9 nitrogen and oxygen atoms in total. The van der Waals surface area contributed by atoms with E-state index in [1.807, 2.05) is 43.3 Å². The summed E-state index contributed by atoms with van der Waals surface area (Å²) >= 11 is 0. The van der Waals surface area contributed by atoms with Gasteiger partial charge in [0.05, 0.1) is 18.5 Å². The largest absolute Gasteiger partial charge is 0.452 e. The lowest BCUT2D eigenvalue weighted by molar-refractivity contribution is -0.00709. The number of fused-ring (bicyclic) bond motifs is 3. The van der Waals surface area contributed by atoms with Gasteiger partial charge in [0.25, 0.3) is 0 Å². The van der Waals surface area contributed by atoms with Gasteiger partial charge in [-0.15, -0.1) is 0 Å². The van der Waals surface area contributed by atoms with Crippen LogP contribution in [0.15, 0.2) is 46.1 Å². The number of rotatable bonds is 4. The highest BCUT2D eigenvalue weighted by molar-refractivity contribution is 6.08. The fourth-order valence-corrected chi connectivity index (χ4v) is 5.26. The van der Waals surface area contributed by atoms with Crippen LogP contribution in [0, 0.1) is 6.92 Å². The number of nitrogens with zero attached hydrogens (tertiary/aromatic N) is 6. The summed E-state index contributed by atoms with van der Waals surface area (Å²) in [5.74, 6) is 0. The van der Waals surface area contributed by atoms with E-state index in [4.69, 9.17) is 9.15 Å². The van der Waals surface area contributed by atoms with E-state index in [2.05, 4.69) is 35.1 Å². The molecule has 5 aromatic rings. The molecule has 0 bridgehead atoms. The maximum absolute atomic E-state index is 13.6. The summed E-state index contributed by atoms with van der Waals surface area (Å²) in [5.41, 5.74) is 6.28. The van der Waals surface area contributed by atoms with Crippen LogP contribution in [0.4, 0.5) is 0 Å². The Kier molecular flexibility index (Phi) is 5.10. The summed E-state index contributed by atoms with van der Waals surface area (Å²) in [6.07, 6.45) is 9.99. The zero-order valence-electron chi connectivity index (χ0n) is 20.4. The number of aryl methyl sites for hydroxylation is 3. The van der Waals surface area contributed by atoms with Crippen LogP contribution in [0.3, 0.4) is 0 Å². The molecule has 0 radical (unpaired) electrons. The minimum absolute atomic E-state index is 0.0110. The van der Waals surface area contributed by atoms with Crippen molar-refractivity contribution in [1.82, 2.24) is 29.1 Å². The second-order valence-corrected chi connectivity index (χ2v) is 9.44. The number of aromatic nitrogens is 6. The number of ether oxygens (including phenoxy) is 1. The second kappa shape index (κ2) is 8.20. The third-order valence-electron chi connectivity index (χ3n) is 7.03. The monoisotopic (exact) mass is 472 g/mol. The van der Waals surface area contributed by atoms with Crippen LogP contribution in [0.1, 0.15) is 37.8 Å². The zero-order valence-corrected chi connectivity index (χ0v) is 20.4. The number of hydrogen-bond donors (Lipinski definition) is 0. The Balaban J connectivity index is 1.68. The molecule has 1 aliphatic heterocycles. The highest BCUT2D eigenvalue weighted by Gasteiger charge is 2.29. The van der Waals surface area contributed by atoms with Crippen molar-refractivity contribution >= 4 is 22.1 Å². The third kappa shape index (κ3) is 3.58. The second-order valence-electron chi connectivity index (χ2n) is 9.44. The molecule has 1 saturated heterocycles. The van der Waals surface area contributed by atoms with Crippen molar-refractivity contribution in [2.45, 2.75) is 45.3 Å². The van der Waals surface area contributed by atoms with Gasteiger partial charge in [0.2, 0.25) is 0 Å². The van der Waals surface area contributed by atoms with Gasteiger partial charge in [-0.3, -0.25) is 13.9 Å². The van der Waals surface area contributed by atoms with Crippen LogP contribution in [0.25, 0.3) is 44.5 Å². The highest BCUT2D eigenvalue weighted by atomic mass is 16.5. The van der Waals surface area contributed by atoms with E-state index >= 15 is 0 Å². The van der Waals surface area contributed by atoms with E-state index in [-0.39, 0.29) is 17.8 Å². The number of hydrogen-bond acceptors (Lipinski definition) is 6. The molecule has 5 heterocycles. The molecular formula is C26H28N6O3. The lowest BCUT2D eigenvalue weighted by Crippen LogP contribution is -2.34. The van der Waals surface area contributed by atoms with Crippen LogP contribution in [0.5, 0.6) is 0 Å². The Labute approximate surface area is 201 Å². The topological polar surface area (TPSA) is 92.9 Å². The van der Waals surface area contributed by atoms with Crippen LogP contribution < -0.4 is 5.69 Å². The lowest BCUT2D eigenvalue weighted by Gasteiger charge is -2.30. The predicted octanol–water partition coefficient (Wildman–Crippen LogP) is 4.38. The summed E-state index contributed by atoms with van der Waals surface area (Å²) in [6, 6.07) is 4.15. The SMILES string of the molecule is CCC1CC(n2c(=O)nc(-c3cnn(C)c3)c3oc4cc(C)c(-c5cnn(C)c5)cc4c32)CCO1. The van der Waals surface area contributed by atoms with Crippen LogP contribution in [0.2, 0.25) is 0 Å². The van der Waals surface area contributed by atoms with Crippen LogP contribution in [-0.2, 0) is 18.8 Å². The number of furan rings is 1. The van der Waals surface area contributed by atoms with Gasteiger partial charge in [-0.05, 0) is 49.4 Å². The standard InChI is InChI=1S/C26H28N6O3/c1-5-19-9-18(6-7-34-19)32-24-21-10-20(16-11-27-30(3)13-16)15(2)8-22(21)35-25(24)23(29-26(32)33)17-12-28-31(4)14-17/h8,10-14,18-19H,5-7,9H2,1-4H3. The van der Waals surface area contributed by atoms with E-state index in [0.29, 0.717) is 17.9 Å². The summed E-state index contributed by atoms with van der Waals surface area (Å²) in [6.45, 7) is 4.80. The molecule has 35 heavy (non-hydrogen) atoms. The first kappa shape index (κ1) is 21.8. The molecule has 6 rings (SSSR count). The fraction of sp³-hybridized carbons (Fsp3) is 0.385. The van der Waals surface area contributed by atoms with Crippen LogP contribution in [-0.4, -0.2) is 41.8 Å². The minimum atomic E-state index is -0.274. The zero-order chi connectivity index (χ0) is 24.3. The van der Waals surface area contributed by atoms with Crippen molar-refractivity contribution in [2.75, 3.05) is 6.61 Å². The van der Waals surface area contributed by atoms with E-state index in [9.17, 15) is 4.79 Å². The molecule has 0 N–H and O–H groups in total. The van der Waals surface area contributed by atoms with Crippen molar-refractivity contribution in [3.8, 4) is 22.4 Å². The molecule has 0 aliphatic carbocycles. The first-order chi connectivity index (χ1) is 16.9. The maximum atomic E-state index is 13.6. The Morgan fingerprint density at radius 1 is 1.09 bits per heavy atom. The van der Waals surface area contributed by atoms with Crippen molar-refractivity contribution in [3.63, 3.8) is 0 Å². The first-order valence-electron chi connectivity index (χ1n) is 12.0. The molecule has 2 atom stereocenters. The summed E-state index contributed by atoms with van der Waals surface area (Å²) < 4.78 is 17.7. The molecule has 9 heteroatoms. The molecule has 2 unspecified atom stereocenters. The van der Waals surface area contributed by atoms with Crippen molar-refractivity contribution < 1.29 is 9.15 Å². The molecule has 0 saturated carbocycles. The van der Waals surface area contributed by atoms with Crippen molar-refractivity contribution in [1.29, 1.82) is 0 Å². The molecular weight excluding hydrogens is 444 g/mol. The Morgan fingerprint density at radius 2 is 1.83 bits per heavy atom. The summed E-state index contributed by atoms with van der Waals surface area (Å²) in [7, 11) is 3.75. The van der Waals surface area contributed by atoms with Gasteiger partial charge in [-0.2, -0.15) is 15.2 Å². The van der Waals surface area contributed by atoms with Gasteiger partial charge in [0.15, 0.2) is 5.58 Å². The average Bonchev–Trinajstić information content (AvgIpc) is 3.56. The van der Waals surface area contributed by atoms with E-state index in [0.717, 1.165) is 58.0 Å². The van der Waals surface area contributed by atoms with Gasteiger partial charge in [-0.25, -0.2) is 4.79 Å². The fourth-order valence-electron chi connectivity index (χ4n) is 5.26. The first-order valence-corrected chi connectivity index (χ1v) is 12.0. The van der Waals surface area contributed by atoms with E-state index in [1.165, 1.54) is 0 Å². The Hall–Kier alpha value is -3.72. The third-order valence-corrected chi connectivity index (χ3v) is 7.03. The van der Waals surface area contributed by atoms with Crippen molar-refractivity contribution in [2.24, 2.45) is 14.1 Å². The van der Waals surface area contributed by atoms with Gasteiger partial charge in [-0.1, -0.05) is 6.92 Å². The molecule has 0 spiro atoms. The van der Waals surface area contributed by atoms with Gasteiger partial charge in [0.1, 0.15) is 16.8 Å². The smallest absolute Gasteiger partial charge is 0.349 e. The predicted molar refractivity (Wildman–Crippen MR) is 133 cm³/mol. The minimum Gasteiger partial charge on any atom is -0.452 e. The van der Waals surface area contributed by atoms with Crippen molar-refractivity contribution in [3.05, 3.63) is 53.0 Å². The van der Waals surface area contributed by atoms with Gasteiger partial charge < -0.3 is 9.15 Å². The molecule has 1 aliphatic rings. The Morgan fingerprint density at radius 3 is 2.51 bits per heavy atom. The van der Waals surface area contributed by atoms with Gasteiger partial charge in [0, 0.05) is 55.7 Å². The molecule has 4 aromatic heterocycles. The molecule has 0 amide bonds. The normalized spacial score (nSPS) is 18.6. The summed E-state index contributed by atoms with van der Waals surface area (Å²) in [4.78, 5) is 18.1. The van der Waals surface area contributed by atoms with Gasteiger partial charge >= 0.3 is 5.69 Å². The van der Waals surface area contributed by atoms with E-state index in [1.54, 1.807) is 15.6 Å². The molecule has 1 aromatic carbocycles. The summed E-state index contributed by atoms with van der Waals surface area (Å²) in [5, 5.41) is 9.53. The Bertz CT molecular complexity index is 1620. The molecule has 180 valence electrons. The average molecular weight is 473 g/mol. The number of benzene rings is 1. The lowest BCUT2D eigenvalue weighted by atomic mass is 9.99. The maximum Gasteiger partial charge on any atom is 0.349 e. The highest BCUT2D eigenvalue weighted by Crippen LogP contribution is 2.39. The molecule has 1 fully saturated rings.